The molecule has 0 aliphatic heterocycles. The van der Waals surface area contributed by atoms with Crippen LogP contribution in [-0.2, 0) is 11.3 Å². The van der Waals surface area contributed by atoms with Gasteiger partial charge in [0.25, 0.3) is 0 Å². The van der Waals surface area contributed by atoms with E-state index < -0.39 is 6.10 Å². The summed E-state index contributed by atoms with van der Waals surface area (Å²) in [5.41, 5.74) is 1.69. The number of hydrogen-bond donors (Lipinski definition) is 2. The Morgan fingerprint density at radius 3 is 2.43 bits per heavy atom. The Bertz CT molecular complexity index is 461. The van der Waals surface area contributed by atoms with Crippen LogP contribution >= 0.6 is 0 Å². The molecule has 1 aromatic carbocycles. The van der Waals surface area contributed by atoms with Crippen LogP contribution in [0.2, 0.25) is 0 Å². The first-order chi connectivity index (χ1) is 9.30. The molecule has 0 fully saturated rings. The molecule has 0 saturated carbocycles. The lowest BCUT2D eigenvalue weighted by Crippen LogP contribution is -3.00. The van der Waals surface area contributed by atoms with Crippen molar-refractivity contribution in [2.24, 2.45) is 0 Å². The highest BCUT2D eigenvalue weighted by Crippen LogP contribution is 2.09. The number of aliphatic hydroxyl groups is 1. The van der Waals surface area contributed by atoms with Gasteiger partial charge in [0, 0.05) is 17.7 Å². The average Bonchev–Trinajstić information content (AvgIpc) is 2.35. The van der Waals surface area contributed by atoms with Crippen LogP contribution in [0.5, 0.6) is 0 Å². The monoisotopic (exact) mass is 312 g/mol. The van der Waals surface area contributed by atoms with E-state index in [0.29, 0.717) is 16.6 Å². The summed E-state index contributed by atoms with van der Waals surface area (Å²) >= 11 is 0. The van der Waals surface area contributed by atoms with Crippen LogP contribution < -0.4 is 17.7 Å². The number of benzene rings is 1. The van der Waals surface area contributed by atoms with Crippen molar-refractivity contribution >= 4 is 5.91 Å². The third kappa shape index (κ3) is 7.85. The van der Waals surface area contributed by atoms with Crippen LogP contribution in [0.15, 0.2) is 42.5 Å². The molecule has 1 aromatic rings. The van der Waals surface area contributed by atoms with Crippen molar-refractivity contribution in [1.29, 1.82) is 0 Å². The van der Waals surface area contributed by atoms with Gasteiger partial charge in [-0.1, -0.05) is 36.9 Å². The molecule has 4 nitrogen and oxygen atoms in total. The van der Waals surface area contributed by atoms with Gasteiger partial charge in [-0.25, -0.2) is 0 Å². The minimum atomic E-state index is -0.572. The third-order valence-corrected chi connectivity index (χ3v) is 3.04. The number of halogens is 1. The predicted octanol–water partition coefficient (Wildman–Crippen LogP) is -1.68. The molecule has 1 unspecified atom stereocenters. The Morgan fingerprint density at radius 2 is 1.90 bits per heavy atom. The number of amides is 1. The first kappa shape index (κ1) is 19.6. The number of nitrogens with zero attached hydrogens (tertiary/aromatic N) is 1. The maximum atomic E-state index is 11.4. The van der Waals surface area contributed by atoms with Gasteiger partial charge in [-0.3, -0.25) is 4.79 Å². The van der Waals surface area contributed by atoms with Crippen molar-refractivity contribution < 1.29 is 26.8 Å². The molecule has 21 heavy (non-hydrogen) atoms. The molecule has 5 heteroatoms. The van der Waals surface area contributed by atoms with E-state index >= 15 is 0 Å². The van der Waals surface area contributed by atoms with Crippen LogP contribution in [0.1, 0.15) is 12.5 Å². The summed E-state index contributed by atoms with van der Waals surface area (Å²) in [4.78, 5) is 11.4. The van der Waals surface area contributed by atoms with E-state index in [-0.39, 0.29) is 24.9 Å². The molecule has 1 amide bonds. The van der Waals surface area contributed by atoms with Crippen LogP contribution in [-0.4, -0.2) is 48.8 Å². The van der Waals surface area contributed by atoms with E-state index in [4.69, 9.17) is 0 Å². The van der Waals surface area contributed by atoms with Gasteiger partial charge < -0.3 is 27.3 Å². The fourth-order valence-electron chi connectivity index (χ4n) is 2.14. The normalized spacial score (nSPS) is 12.2. The molecule has 0 bridgehead atoms. The molecule has 2 N–H and O–H groups in total. The molecule has 0 heterocycles. The largest absolute Gasteiger partial charge is 1.00 e. The topological polar surface area (TPSA) is 49.3 Å². The number of nitrogens with one attached hydrogen (secondary N) is 1. The van der Waals surface area contributed by atoms with Crippen LogP contribution in [0.4, 0.5) is 0 Å². The average molecular weight is 313 g/mol. The lowest BCUT2D eigenvalue weighted by atomic mass is 10.2. The predicted molar refractivity (Wildman–Crippen MR) is 81.0 cm³/mol. The Hall–Kier alpha value is -1.36. The van der Waals surface area contributed by atoms with Crippen molar-refractivity contribution in [3.8, 4) is 0 Å². The third-order valence-electron chi connectivity index (χ3n) is 3.04. The van der Waals surface area contributed by atoms with Gasteiger partial charge in [0.05, 0.1) is 14.1 Å². The summed E-state index contributed by atoms with van der Waals surface area (Å²) in [6.45, 7) is 6.88. The lowest BCUT2D eigenvalue weighted by Gasteiger charge is -2.32. The minimum absolute atomic E-state index is 0. The first-order valence-electron chi connectivity index (χ1n) is 6.78. The van der Waals surface area contributed by atoms with Gasteiger partial charge >= 0.3 is 0 Å². The van der Waals surface area contributed by atoms with Crippen molar-refractivity contribution in [2.75, 3.05) is 27.2 Å². The number of rotatable bonds is 7. The molecule has 1 atom stereocenters. The summed E-state index contributed by atoms with van der Waals surface area (Å²) in [5.74, 6) is -0.211. The Balaban J connectivity index is 0.00000400. The Kier molecular flexibility index (Phi) is 8.25. The van der Waals surface area contributed by atoms with Crippen LogP contribution in [0.25, 0.3) is 0 Å². The van der Waals surface area contributed by atoms with Gasteiger partial charge in [-0.2, -0.15) is 0 Å². The molecule has 0 aliphatic carbocycles. The SMILES string of the molecule is C=C(C)C(=O)NCC(O)C[N+](C)(C)Cc1ccccc1.[Cl-]. The Morgan fingerprint density at radius 1 is 1.33 bits per heavy atom. The summed E-state index contributed by atoms with van der Waals surface area (Å²) in [6, 6.07) is 10.2. The highest BCUT2D eigenvalue weighted by molar-refractivity contribution is 5.92. The van der Waals surface area contributed by atoms with Crippen molar-refractivity contribution in [1.82, 2.24) is 5.32 Å². The number of carbonyl (C=O) groups is 1. The van der Waals surface area contributed by atoms with Crippen molar-refractivity contribution in [3.05, 3.63) is 48.0 Å². The van der Waals surface area contributed by atoms with Crippen molar-refractivity contribution in [2.45, 2.75) is 19.6 Å². The van der Waals surface area contributed by atoms with E-state index in [2.05, 4.69) is 38.1 Å². The van der Waals surface area contributed by atoms with E-state index in [9.17, 15) is 9.90 Å². The fraction of sp³-hybridized carbons (Fsp3) is 0.438. The zero-order valence-electron chi connectivity index (χ0n) is 13.0. The second-order valence-corrected chi connectivity index (χ2v) is 5.91. The summed E-state index contributed by atoms with van der Waals surface area (Å²) in [5, 5.41) is 12.7. The molecule has 1 rings (SSSR count). The molecule has 0 radical (unpaired) electrons. The maximum absolute atomic E-state index is 11.4. The quantitative estimate of drug-likeness (QED) is 0.467. The van der Waals surface area contributed by atoms with Gasteiger partial charge in [0.2, 0.25) is 5.91 Å². The second-order valence-electron chi connectivity index (χ2n) is 5.91. The highest BCUT2D eigenvalue weighted by atomic mass is 35.5. The Labute approximate surface area is 133 Å². The molecule has 118 valence electrons. The molecule has 0 saturated heterocycles. The molecule has 0 aromatic heterocycles. The number of likely N-dealkylation sites (N-methyl/N-ethyl adjacent to an activating group) is 1. The number of quaternary nitrogens is 1. The second kappa shape index (κ2) is 8.82. The molecule has 0 spiro atoms. The lowest BCUT2D eigenvalue weighted by molar-refractivity contribution is -0.906. The zero-order chi connectivity index (χ0) is 15.2. The summed E-state index contributed by atoms with van der Waals surface area (Å²) < 4.78 is 0.661. The van der Waals surface area contributed by atoms with Crippen LogP contribution in [0.3, 0.4) is 0 Å². The smallest absolute Gasteiger partial charge is 0.246 e. The fourth-order valence-corrected chi connectivity index (χ4v) is 2.14. The van der Waals surface area contributed by atoms with E-state index in [1.54, 1.807) is 6.92 Å². The first-order valence-corrected chi connectivity index (χ1v) is 6.78. The zero-order valence-corrected chi connectivity index (χ0v) is 13.7. The summed E-state index contributed by atoms with van der Waals surface area (Å²) in [6.07, 6.45) is -0.572. The number of carbonyl (C=O) groups excluding carboxylic acids is 1. The standard InChI is InChI=1S/C16H24N2O2.ClH/c1-13(2)16(20)17-10-15(19)12-18(3,4)11-14-8-6-5-7-9-14;/h5-9,15,19H,1,10-12H2,2-4H3;1H. The maximum Gasteiger partial charge on any atom is 0.246 e. The van der Waals surface area contributed by atoms with Gasteiger partial charge in [-0.05, 0) is 6.92 Å². The molecule has 0 aliphatic rings. The highest BCUT2D eigenvalue weighted by Gasteiger charge is 2.21. The van der Waals surface area contributed by atoms with Crippen LogP contribution in [0, 0.1) is 0 Å². The molecular formula is C16H25ClN2O2. The van der Waals surface area contributed by atoms with E-state index in [1.807, 2.05) is 18.2 Å². The van der Waals surface area contributed by atoms with E-state index in [0.717, 1.165) is 6.54 Å². The summed E-state index contributed by atoms with van der Waals surface area (Å²) in [7, 11) is 4.13. The van der Waals surface area contributed by atoms with Gasteiger partial charge in [-0.15, -0.1) is 0 Å². The van der Waals surface area contributed by atoms with Crippen molar-refractivity contribution in [3.63, 3.8) is 0 Å². The molecular weight excluding hydrogens is 288 g/mol. The minimum Gasteiger partial charge on any atom is -1.00 e. The number of aliphatic hydroxyl groups excluding tert-OH is 1. The number of hydrogen-bond acceptors (Lipinski definition) is 2. The van der Waals surface area contributed by atoms with Gasteiger partial charge in [0.15, 0.2) is 0 Å². The van der Waals surface area contributed by atoms with E-state index in [1.165, 1.54) is 5.56 Å². The van der Waals surface area contributed by atoms with Gasteiger partial charge in [0.1, 0.15) is 19.2 Å².